The number of amides is 2. The Labute approximate surface area is 191 Å². The first-order chi connectivity index (χ1) is 15.5. The number of rotatable bonds is 7. The zero-order chi connectivity index (χ0) is 22.7. The second kappa shape index (κ2) is 10.0. The van der Waals surface area contributed by atoms with E-state index in [9.17, 15) is 9.59 Å². The van der Waals surface area contributed by atoms with E-state index < -0.39 is 0 Å². The first kappa shape index (κ1) is 22.8. The normalized spacial score (nSPS) is 17.9. The molecule has 174 valence electrons. The standard InChI is InChI=1S/C25H37N5O2/c1-4-21-24(29(5-2)23(31)13-10-19-8-6-7-9-19)30-18-20(11-12-22(30)26-21)25(32)28-16-14-27(3)15-17-28/h11-12,18-19H,4-10,13-17H2,1-3H3. The molecule has 0 atom stereocenters. The van der Waals surface area contributed by atoms with Crippen molar-refractivity contribution in [2.24, 2.45) is 5.92 Å². The Morgan fingerprint density at radius 3 is 2.47 bits per heavy atom. The summed E-state index contributed by atoms with van der Waals surface area (Å²) in [5.74, 6) is 1.73. The van der Waals surface area contributed by atoms with Crippen LogP contribution in [0, 0.1) is 5.92 Å². The minimum Gasteiger partial charge on any atom is -0.336 e. The monoisotopic (exact) mass is 439 g/mol. The highest BCUT2D eigenvalue weighted by molar-refractivity contribution is 5.96. The van der Waals surface area contributed by atoms with Crippen molar-refractivity contribution >= 4 is 23.3 Å². The van der Waals surface area contributed by atoms with E-state index in [-0.39, 0.29) is 11.8 Å². The Morgan fingerprint density at radius 2 is 1.81 bits per heavy atom. The van der Waals surface area contributed by atoms with Gasteiger partial charge in [-0.15, -0.1) is 0 Å². The lowest BCUT2D eigenvalue weighted by Gasteiger charge is -2.32. The largest absolute Gasteiger partial charge is 0.336 e. The van der Waals surface area contributed by atoms with E-state index in [0.29, 0.717) is 24.4 Å². The summed E-state index contributed by atoms with van der Waals surface area (Å²) in [6, 6.07) is 3.77. The van der Waals surface area contributed by atoms with E-state index in [4.69, 9.17) is 4.98 Å². The fraction of sp³-hybridized carbons (Fsp3) is 0.640. The number of carbonyl (C=O) groups is 2. The zero-order valence-corrected chi connectivity index (χ0v) is 19.8. The van der Waals surface area contributed by atoms with Gasteiger partial charge in [-0.3, -0.25) is 18.9 Å². The molecule has 0 N–H and O–H groups in total. The molecule has 1 saturated heterocycles. The molecule has 1 saturated carbocycles. The molecule has 2 amide bonds. The van der Waals surface area contributed by atoms with Crippen molar-refractivity contribution in [1.82, 2.24) is 19.2 Å². The van der Waals surface area contributed by atoms with Gasteiger partial charge in [-0.1, -0.05) is 32.6 Å². The number of piperazine rings is 1. The average Bonchev–Trinajstić information content (AvgIpc) is 3.46. The summed E-state index contributed by atoms with van der Waals surface area (Å²) in [6.07, 6.45) is 9.28. The molecule has 7 heteroatoms. The quantitative estimate of drug-likeness (QED) is 0.661. The fourth-order valence-electron chi connectivity index (χ4n) is 5.13. The number of pyridine rings is 1. The predicted octanol–water partition coefficient (Wildman–Crippen LogP) is 3.61. The molecule has 2 aliphatic rings. The van der Waals surface area contributed by atoms with Gasteiger partial charge in [0.05, 0.1) is 11.3 Å². The summed E-state index contributed by atoms with van der Waals surface area (Å²) in [5, 5.41) is 0. The van der Waals surface area contributed by atoms with Crippen LogP contribution in [0.2, 0.25) is 0 Å². The third kappa shape index (κ3) is 4.68. The maximum atomic E-state index is 13.2. The molecule has 0 radical (unpaired) electrons. The number of aryl methyl sites for hydroxylation is 1. The molecule has 0 bridgehead atoms. The highest BCUT2D eigenvalue weighted by Crippen LogP contribution is 2.30. The van der Waals surface area contributed by atoms with E-state index in [1.165, 1.54) is 25.7 Å². The Hall–Kier alpha value is -2.41. The summed E-state index contributed by atoms with van der Waals surface area (Å²) in [4.78, 5) is 37.2. The molecular formula is C25H37N5O2. The van der Waals surface area contributed by atoms with Gasteiger partial charge in [0.25, 0.3) is 5.91 Å². The number of nitrogens with zero attached hydrogens (tertiary/aromatic N) is 5. The Kier molecular flexibility index (Phi) is 7.13. The van der Waals surface area contributed by atoms with E-state index in [1.807, 2.05) is 39.5 Å². The van der Waals surface area contributed by atoms with E-state index in [0.717, 1.165) is 56.2 Å². The molecule has 32 heavy (non-hydrogen) atoms. The Bertz CT molecular complexity index is 955. The molecule has 1 aliphatic heterocycles. The number of carbonyl (C=O) groups excluding carboxylic acids is 2. The summed E-state index contributed by atoms with van der Waals surface area (Å²) in [7, 11) is 2.08. The van der Waals surface area contributed by atoms with Gasteiger partial charge >= 0.3 is 0 Å². The van der Waals surface area contributed by atoms with Crippen LogP contribution in [-0.2, 0) is 11.2 Å². The highest BCUT2D eigenvalue weighted by atomic mass is 16.2. The maximum Gasteiger partial charge on any atom is 0.255 e. The summed E-state index contributed by atoms with van der Waals surface area (Å²) < 4.78 is 1.96. The van der Waals surface area contributed by atoms with Crippen LogP contribution in [0.15, 0.2) is 18.3 Å². The Morgan fingerprint density at radius 1 is 1.09 bits per heavy atom. The van der Waals surface area contributed by atoms with Crippen LogP contribution in [0.3, 0.4) is 0 Å². The number of anilines is 1. The van der Waals surface area contributed by atoms with Crippen molar-refractivity contribution in [3.63, 3.8) is 0 Å². The molecule has 7 nitrogen and oxygen atoms in total. The Balaban J connectivity index is 1.60. The summed E-state index contributed by atoms with van der Waals surface area (Å²) in [6.45, 7) is 7.95. The lowest BCUT2D eigenvalue weighted by Crippen LogP contribution is -2.47. The highest BCUT2D eigenvalue weighted by Gasteiger charge is 2.26. The second-order valence-electron chi connectivity index (χ2n) is 9.30. The number of imidazole rings is 1. The van der Waals surface area contributed by atoms with Gasteiger partial charge in [0.1, 0.15) is 11.5 Å². The van der Waals surface area contributed by atoms with Crippen molar-refractivity contribution in [3.05, 3.63) is 29.6 Å². The number of hydrogen-bond acceptors (Lipinski definition) is 4. The third-order valence-electron chi connectivity index (χ3n) is 7.15. The topological polar surface area (TPSA) is 61.2 Å². The van der Waals surface area contributed by atoms with Crippen LogP contribution in [0.1, 0.15) is 68.4 Å². The third-order valence-corrected chi connectivity index (χ3v) is 7.15. The van der Waals surface area contributed by atoms with Crippen molar-refractivity contribution in [2.75, 3.05) is 44.7 Å². The molecule has 3 heterocycles. The first-order valence-corrected chi connectivity index (χ1v) is 12.3. The van der Waals surface area contributed by atoms with Gasteiger partial charge in [0.2, 0.25) is 5.91 Å². The minimum atomic E-state index is 0.0494. The molecule has 2 aromatic rings. The van der Waals surface area contributed by atoms with Crippen molar-refractivity contribution in [3.8, 4) is 0 Å². The van der Waals surface area contributed by atoms with Crippen molar-refractivity contribution < 1.29 is 9.59 Å². The van der Waals surface area contributed by atoms with Crippen LogP contribution in [0.25, 0.3) is 5.65 Å². The molecule has 2 aromatic heterocycles. The lowest BCUT2D eigenvalue weighted by molar-refractivity contribution is -0.118. The van der Waals surface area contributed by atoms with E-state index in [1.54, 1.807) is 0 Å². The summed E-state index contributed by atoms with van der Waals surface area (Å²) in [5.41, 5.74) is 2.34. The van der Waals surface area contributed by atoms with E-state index in [2.05, 4.69) is 18.9 Å². The van der Waals surface area contributed by atoms with Crippen LogP contribution in [-0.4, -0.2) is 70.8 Å². The molecule has 0 spiro atoms. The lowest BCUT2D eigenvalue weighted by atomic mass is 10.0. The second-order valence-corrected chi connectivity index (χ2v) is 9.30. The molecule has 0 unspecified atom stereocenters. The van der Waals surface area contributed by atoms with Gasteiger partial charge in [0, 0.05) is 45.3 Å². The maximum absolute atomic E-state index is 13.2. The zero-order valence-electron chi connectivity index (χ0n) is 19.8. The molecule has 4 rings (SSSR count). The number of fused-ring (bicyclic) bond motifs is 1. The summed E-state index contributed by atoms with van der Waals surface area (Å²) >= 11 is 0. The minimum absolute atomic E-state index is 0.0494. The average molecular weight is 440 g/mol. The molecular weight excluding hydrogens is 402 g/mol. The molecule has 2 fully saturated rings. The number of hydrogen-bond donors (Lipinski definition) is 0. The van der Waals surface area contributed by atoms with Gasteiger partial charge in [-0.25, -0.2) is 4.98 Å². The van der Waals surface area contributed by atoms with Gasteiger partial charge in [-0.2, -0.15) is 0 Å². The van der Waals surface area contributed by atoms with Crippen LogP contribution in [0.4, 0.5) is 5.82 Å². The number of likely N-dealkylation sites (N-methyl/N-ethyl adjacent to an activating group) is 1. The predicted molar refractivity (Wildman–Crippen MR) is 127 cm³/mol. The smallest absolute Gasteiger partial charge is 0.255 e. The van der Waals surface area contributed by atoms with Gasteiger partial charge in [-0.05, 0) is 44.9 Å². The van der Waals surface area contributed by atoms with Crippen LogP contribution >= 0.6 is 0 Å². The van der Waals surface area contributed by atoms with Gasteiger partial charge < -0.3 is 9.80 Å². The van der Waals surface area contributed by atoms with Crippen molar-refractivity contribution in [1.29, 1.82) is 0 Å². The first-order valence-electron chi connectivity index (χ1n) is 12.3. The van der Waals surface area contributed by atoms with E-state index >= 15 is 0 Å². The molecule has 0 aromatic carbocycles. The van der Waals surface area contributed by atoms with Gasteiger partial charge in [0.15, 0.2) is 0 Å². The SMILES string of the molecule is CCc1nc2ccc(C(=O)N3CCN(C)CC3)cn2c1N(CC)C(=O)CCC1CCCC1. The van der Waals surface area contributed by atoms with Crippen LogP contribution in [0.5, 0.6) is 0 Å². The van der Waals surface area contributed by atoms with Crippen LogP contribution < -0.4 is 4.90 Å². The fourth-order valence-corrected chi connectivity index (χ4v) is 5.13. The molecule has 1 aliphatic carbocycles. The number of aromatic nitrogens is 2. The van der Waals surface area contributed by atoms with Crippen molar-refractivity contribution in [2.45, 2.75) is 58.8 Å².